The molecule has 2 heterocycles. The zero-order valence-corrected chi connectivity index (χ0v) is 15.2. The van der Waals surface area contributed by atoms with Crippen LogP contribution in [0.25, 0.3) is 0 Å². The van der Waals surface area contributed by atoms with Gasteiger partial charge in [0.25, 0.3) is 0 Å². The number of aryl methyl sites for hydroxylation is 1. The smallest absolute Gasteiger partial charge is 0.239 e. The number of rotatable bonds is 5. The normalized spacial score (nSPS) is 26.2. The number of benzene rings is 1. The van der Waals surface area contributed by atoms with E-state index >= 15 is 0 Å². The highest BCUT2D eigenvalue weighted by atomic mass is 16.5. The Morgan fingerprint density at radius 3 is 2.68 bits per heavy atom. The van der Waals surface area contributed by atoms with Crippen LogP contribution in [0.5, 0.6) is 0 Å². The SMILES string of the molecule is Cc1ccc(C(CNC(=O)[C@H]2NCCO[C@@H]2C)N2CCOCC2)cc1. The molecule has 1 unspecified atom stereocenters. The van der Waals surface area contributed by atoms with Gasteiger partial charge in [-0.15, -0.1) is 0 Å². The third-order valence-corrected chi connectivity index (χ3v) is 5.02. The van der Waals surface area contributed by atoms with E-state index in [2.05, 4.69) is 46.7 Å². The number of nitrogens with zero attached hydrogens (tertiary/aromatic N) is 1. The van der Waals surface area contributed by atoms with Gasteiger partial charge < -0.3 is 20.1 Å². The predicted molar refractivity (Wildman–Crippen MR) is 96.5 cm³/mol. The standard InChI is InChI=1S/C19H29N3O3/c1-14-3-5-16(6-4-14)17(22-8-11-24-12-9-22)13-21-19(23)18-15(2)25-10-7-20-18/h3-6,15,17-18,20H,7-13H2,1-2H3,(H,21,23)/t15-,17?,18+/m1/s1. The van der Waals surface area contributed by atoms with Crippen molar-refractivity contribution in [2.75, 3.05) is 46.0 Å². The van der Waals surface area contributed by atoms with Crippen molar-refractivity contribution in [1.82, 2.24) is 15.5 Å². The molecule has 6 heteroatoms. The lowest BCUT2D eigenvalue weighted by Gasteiger charge is -2.36. The van der Waals surface area contributed by atoms with Gasteiger partial charge in [0.15, 0.2) is 0 Å². The number of nitrogens with one attached hydrogen (secondary N) is 2. The zero-order valence-electron chi connectivity index (χ0n) is 15.2. The van der Waals surface area contributed by atoms with Gasteiger partial charge in [-0.3, -0.25) is 9.69 Å². The summed E-state index contributed by atoms with van der Waals surface area (Å²) < 4.78 is 11.1. The molecule has 0 spiro atoms. The lowest BCUT2D eigenvalue weighted by Crippen LogP contribution is -2.56. The Labute approximate surface area is 149 Å². The number of amides is 1. The molecule has 1 aromatic carbocycles. The molecule has 2 N–H and O–H groups in total. The fraction of sp³-hybridized carbons (Fsp3) is 0.632. The van der Waals surface area contributed by atoms with Crippen LogP contribution in [-0.4, -0.2) is 69.0 Å². The van der Waals surface area contributed by atoms with Crippen LogP contribution < -0.4 is 10.6 Å². The molecule has 1 amide bonds. The van der Waals surface area contributed by atoms with Gasteiger partial charge in [0.1, 0.15) is 6.04 Å². The van der Waals surface area contributed by atoms with Gasteiger partial charge in [-0.2, -0.15) is 0 Å². The molecule has 0 aliphatic carbocycles. The molecule has 6 nitrogen and oxygen atoms in total. The molecule has 0 radical (unpaired) electrons. The maximum Gasteiger partial charge on any atom is 0.239 e. The van der Waals surface area contributed by atoms with E-state index in [0.717, 1.165) is 26.3 Å². The van der Waals surface area contributed by atoms with E-state index in [1.807, 2.05) is 6.92 Å². The lowest BCUT2D eigenvalue weighted by atomic mass is 10.0. The quantitative estimate of drug-likeness (QED) is 0.827. The Morgan fingerprint density at radius 2 is 2.00 bits per heavy atom. The highest BCUT2D eigenvalue weighted by Crippen LogP contribution is 2.22. The van der Waals surface area contributed by atoms with Gasteiger partial charge in [-0.25, -0.2) is 0 Å². The van der Waals surface area contributed by atoms with E-state index in [-0.39, 0.29) is 24.1 Å². The molecule has 3 atom stereocenters. The van der Waals surface area contributed by atoms with Gasteiger partial charge in [-0.05, 0) is 19.4 Å². The third-order valence-electron chi connectivity index (χ3n) is 5.02. The topological polar surface area (TPSA) is 62.8 Å². The minimum Gasteiger partial charge on any atom is -0.379 e. The number of morpholine rings is 2. The van der Waals surface area contributed by atoms with Gasteiger partial charge >= 0.3 is 0 Å². The van der Waals surface area contributed by atoms with Crippen LogP contribution in [0.4, 0.5) is 0 Å². The van der Waals surface area contributed by atoms with E-state index in [4.69, 9.17) is 9.47 Å². The molecule has 2 aliphatic rings. The van der Waals surface area contributed by atoms with E-state index < -0.39 is 0 Å². The van der Waals surface area contributed by atoms with Gasteiger partial charge in [0.2, 0.25) is 5.91 Å². The van der Waals surface area contributed by atoms with E-state index in [0.29, 0.717) is 19.7 Å². The molecule has 2 fully saturated rings. The Morgan fingerprint density at radius 1 is 1.28 bits per heavy atom. The molecule has 138 valence electrons. The summed E-state index contributed by atoms with van der Waals surface area (Å²) in [5.74, 6) is 0.0116. The largest absolute Gasteiger partial charge is 0.379 e. The van der Waals surface area contributed by atoms with Crippen LogP contribution in [0.2, 0.25) is 0 Å². The summed E-state index contributed by atoms with van der Waals surface area (Å²) in [6, 6.07) is 8.45. The highest BCUT2D eigenvalue weighted by molar-refractivity contribution is 5.82. The fourth-order valence-electron chi connectivity index (χ4n) is 3.47. The molecule has 2 saturated heterocycles. The van der Waals surface area contributed by atoms with Crippen molar-refractivity contribution in [1.29, 1.82) is 0 Å². The van der Waals surface area contributed by atoms with Crippen LogP contribution in [0, 0.1) is 6.92 Å². The first-order chi connectivity index (χ1) is 12.1. The van der Waals surface area contributed by atoms with Crippen molar-refractivity contribution in [2.45, 2.75) is 32.0 Å². The summed E-state index contributed by atoms with van der Waals surface area (Å²) in [7, 11) is 0. The summed E-state index contributed by atoms with van der Waals surface area (Å²) in [4.78, 5) is 15.0. The Balaban J connectivity index is 1.66. The van der Waals surface area contributed by atoms with Crippen LogP contribution >= 0.6 is 0 Å². The first-order valence-corrected chi connectivity index (χ1v) is 9.16. The average Bonchev–Trinajstić information content (AvgIpc) is 2.64. The van der Waals surface area contributed by atoms with Crippen LogP contribution in [0.3, 0.4) is 0 Å². The number of carbonyl (C=O) groups is 1. The summed E-state index contributed by atoms with van der Waals surface area (Å²) in [5.41, 5.74) is 2.47. The van der Waals surface area contributed by atoms with E-state index in [1.54, 1.807) is 0 Å². The second-order valence-corrected chi connectivity index (χ2v) is 6.83. The van der Waals surface area contributed by atoms with Crippen molar-refractivity contribution in [3.05, 3.63) is 35.4 Å². The lowest BCUT2D eigenvalue weighted by molar-refractivity contribution is -0.129. The second-order valence-electron chi connectivity index (χ2n) is 6.83. The molecule has 2 aliphatic heterocycles. The maximum atomic E-state index is 12.6. The number of hydrogen-bond acceptors (Lipinski definition) is 5. The van der Waals surface area contributed by atoms with Gasteiger partial charge in [0, 0.05) is 26.2 Å². The van der Waals surface area contributed by atoms with E-state index in [9.17, 15) is 4.79 Å². The van der Waals surface area contributed by atoms with Crippen molar-refractivity contribution >= 4 is 5.91 Å². The van der Waals surface area contributed by atoms with Crippen molar-refractivity contribution in [3.8, 4) is 0 Å². The van der Waals surface area contributed by atoms with Crippen molar-refractivity contribution in [3.63, 3.8) is 0 Å². The number of ether oxygens (including phenoxy) is 2. The minimum absolute atomic E-state index is 0.0116. The molecule has 1 aromatic rings. The number of carbonyl (C=O) groups excluding carboxylic acids is 1. The second kappa shape index (κ2) is 8.76. The van der Waals surface area contributed by atoms with Crippen LogP contribution in [0.15, 0.2) is 24.3 Å². The molecule has 25 heavy (non-hydrogen) atoms. The zero-order chi connectivity index (χ0) is 17.6. The third kappa shape index (κ3) is 4.79. The molecule has 3 rings (SSSR count). The molecule has 0 aromatic heterocycles. The molecule has 0 bridgehead atoms. The molecule has 0 saturated carbocycles. The van der Waals surface area contributed by atoms with Crippen molar-refractivity contribution in [2.24, 2.45) is 0 Å². The first kappa shape index (κ1) is 18.3. The summed E-state index contributed by atoms with van der Waals surface area (Å²) >= 11 is 0. The average molecular weight is 347 g/mol. The predicted octanol–water partition coefficient (Wildman–Crippen LogP) is 0.861. The Hall–Kier alpha value is -1.47. The fourth-order valence-corrected chi connectivity index (χ4v) is 3.47. The van der Waals surface area contributed by atoms with Crippen LogP contribution in [0.1, 0.15) is 24.1 Å². The summed E-state index contributed by atoms with van der Waals surface area (Å²) in [6.45, 7) is 9.24. The first-order valence-electron chi connectivity index (χ1n) is 9.16. The maximum absolute atomic E-state index is 12.6. The Bertz CT molecular complexity index is 558. The monoisotopic (exact) mass is 347 g/mol. The summed E-state index contributed by atoms with van der Waals surface area (Å²) in [6.07, 6.45) is -0.102. The van der Waals surface area contributed by atoms with Gasteiger partial charge in [0.05, 0.1) is 32.0 Å². The molecular formula is C19H29N3O3. The van der Waals surface area contributed by atoms with E-state index in [1.165, 1.54) is 11.1 Å². The van der Waals surface area contributed by atoms with Crippen molar-refractivity contribution < 1.29 is 14.3 Å². The highest BCUT2D eigenvalue weighted by Gasteiger charge is 2.30. The molecular weight excluding hydrogens is 318 g/mol. The van der Waals surface area contributed by atoms with Crippen LogP contribution in [-0.2, 0) is 14.3 Å². The summed E-state index contributed by atoms with van der Waals surface area (Å²) in [5, 5.41) is 6.38. The minimum atomic E-state index is -0.280. The number of hydrogen-bond donors (Lipinski definition) is 2. The Kier molecular flexibility index (Phi) is 6.42. The van der Waals surface area contributed by atoms with Gasteiger partial charge in [-0.1, -0.05) is 29.8 Å².